The van der Waals surface area contributed by atoms with Crippen LogP contribution in [-0.2, 0) is 4.43 Å². The molecule has 0 aromatic heterocycles. The van der Waals surface area contributed by atoms with E-state index in [9.17, 15) is 14.5 Å². The summed E-state index contributed by atoms with van der Waals surface area (Å²) in [6, 6.07) is 3.57. The Balaban J connectivity index is 2.52. The van der Waals surface area contributed by atoms with Gasteiger partial charge in [0, 0.05) is 12.6 Å². The number of halogens is 1. The van der Waals surface area contributed by atoms with Crippen molar-refractivity contribution in [3.8, 4) is 0 Å². The number of benzene rings is 1. The minimum atomic E-state index is -1.80. The van der Waals surface area contributed by atoms with Gasteiger partial charge >= 0.3 is 0 Å². The standard InChI is InChI=1S/C14H23FN2O3Si/c1-14(2,3)21(4,5)20-9-8-16-13-7-6-11(17(18)19)10-12(13)15/h6-7,10,16H,8-9H2,1-5H3. The molecule has 0 saturated carbocycles. The van der Waals surface area contributed by atoms with Gasteiger partial charge in [0.15, 0.2) is 14.1 Å². The van der Waals surface area contributed by atoms with Crippen molar-refractivity contribution in [2.24, 2.45) is 0 Å². The van der Waals surface area contributed by atoms with Crippen LogP contribution in [0.3, 0.4) is 0 Å². The van der Waals surface area contributed by atoms with E-state index in [-0.39, 0.29) is 16.4 Å². The molecule has 118 valence electrons. The van der Waals surface area contributed by atoms with E-state index < -0.39 is 19.1 Å². The normalized spacial score (nSPS) is 12.3. The molecule has 7 heteroatoms. The van der Waals surface area contributed by atoms with Gasteiger partial charge in [-0.1, -0.05) is 20.8 Å². The molecule has 0 saturated heterocycles. The van der Waals surface area contributed by atoms with Gasteiger partial charge < -0.3 is 9.74 Å². The Morgan fingerprint density at radius 1 is 1.38 bits per heavy atom. The number of nitro benzene ring substituents is 1. The monoisotopic (exact) mass is 314 g/mol. The van der Waals surface area contributed by atoms with Crippen LogP contribution in [0.5, 0.6) is 0 Å². The smallest absolute Gasteiger partial charge is 0.272 e. The SMILES string of the molecule is CC(C)(C)[Si](C)(C)OCCNc1ccc([N+](=O)[O-])cc1F. The zero-order valence-corrected chi connectivity index (χ0v) is 14.2. The van der Waals surface area contributed by atoms with Crippen LogP contribution in [-0.4, -0.2) is 26.4 Å². The van der Waals surface area contributed by atoms with Crippen molar-refractivity contribution in [1.29, 1.82) is 0 Å². The van der Waals surface area contributed by atoms with Crippen molar-refractivity contribution in [2.75, 3.05) is 18.5 Å². The molecule has 0 unspecified atom stereocenters. The third kappa shape index (κ3) is 4.78. The maximum Gasteiger partial charge on any atom is 0.272 e. The van der Waals surface area contributed by atoms with E-state index in [0.29, 0.717) is 13.2 Å². The first kappa shape index (κ1) is 17.6. The first-order valence-electron chi connectivity index (χ1n) is 6.86. The number of hydrogen-bond acceptors (Lipinski definition) is 4. The van der Waals surface area contributed by atoms with Crippen molar-refractivity contribution in [2.45, 2.75) is 38.9 Å². The van der Waals surface area contributed by atoms with Crippen LogP contribution in [0.25, 0.3) is 0 Å². The topological polar surface area (TPSA) is 64.4 Å². The number of non-ortho nitro benzene ring substituents is 1. The molecule has 0 atom stereocenters. The van der Waals surface area contributed by atoms with Crippen LogP contribution >= 0.6 is 0 Å². The third-order valence-electron chi connectivity index (χ3n) is 3.85. The molecule has 21 heavy (non-hydrogen) atoms. The minimum absolute atomic E-state index is 0.131. The van der Waals surface area contributed by atoms with E-state index in [1.807, 2.05) is 0 Å². The zero-order valence-electron chi connectivity index (χ0n) is 13.2. The van der Waals surface area contributed by atoms with Crippen LogP contribution in [0, 0.1) is 15.9 Å². The predicted octanol–water partition coefficient (Wildman–Crippen LogP) is 4.17. The average Bonchev–Trinajstić information content (AvgIpc) is 2.34. The molecule has 0 aliphatic carbocycles. The molecule has 0 spiro atoms. The molecule has 0 bridgehead atoms. The fourth-order valence-electron chi connectivity index (χ4n) is 1.47. The van der Waals surface area contributed by atoms with Gasteiger partial charge in [0.1, 0.15) is 0 Å². The molecule has 0 aliphatic rings. The van der Waals surface area contributed by atoms with Crippen LogP contribution in [0.15, 0.2) is 18.2 Å². The highest BCUT2D eigenvalue weighted by Crippen LogP contribution is 2.36. The lowest BCUT2D eigenvalue weighted by atomic mass is 10.2. The largest absolute Gasteiger partial charge is 0.415 e. The van der Waals surface area contributed by atoms with E-state index in [2.05, 4.69) is 39.2 Å². The van der Waals surface area contributed by atoms with Gasteiger partial charge in [0.05, 0.1) is 23.3 Å². The van der Waals surface area contributed by atoms with Gasteiger partial charge in [-0.2, -0.15) is 0 Å². The van der Waals surface area contributed by atoms with E-state index in [1.54, 1.807) is 0 Å². The molecule has 1 aromatic rings. The second-order valence-corrected chi connectivity index (χ2v) is 11.3. The highest BCUT2D eigenvalue weighted by atomic mass is 28.4. The Labute approximate surface area is 125 Å². The van der Waals surface area contributed by atoms with Crippen molar-refractivity contribution in [3.63, 3.8) is 0 Å². The fraction of sp³-hybridized carbons (Fsp3) is 0.571. The number of rotatable bonds is 6. The van der Waals surface area contributed by atoms with Gasteiger partial charge in [-0.15, -0.1) is 0 Å². The van der Waals surface area contributed by atoms with Crippen molar-refractivity contribution < 1.29 is 13.7 Å². The molecule has 1 rings (SSSR count). The second kappa shape index (κ2) is 6.53. The van der Waals surface area contributed by atoms with Crippen LogP contribution in [0.4, 0.5) is 15.8 Å². The Morgan fingerprint density at radius 2 is 2.00 bits per heavy atom. The summed E-state index contributed by atoms with van der Waals surface area (Å²) in [7, 11) is -1.80. The quantitative estimate of drug-likeness (QED) is 0.370. The fourth-order valence-corrected chi connectivity index (χ4v) is 2.51. The number of anilines is 1. The first-order chi connectivity index (χ1) is 9.54. The van der Waals surface area contributed by atoms with Crippen LogP contribution in [0.2, 0.25) is 18.1 Å². The van der Waals surface area contributed by atoms with Gasteiger partial charge in [-0.3, -0.25) is 10.1 Å². The highest BCUT2D eigenvalue weighted by Gasteiger charge is 2.36. The van der Waals surface area contributed by atoms with Gasteiger partial charge in [0.2, 0.25) is 0 Å². The molecule has 0 heterocycles. The summed E-state index contributed by atoms with van der Waals surface area (Å²) in [4.78, 5) is 9.91. The summed E-state index contributed by atoms with van der Waals surface area (Å²) in [5.74, 6) is -0.628. The molecule has 0 aliphatic heterocycles. The van der Waals surface area contributed by atoms with E-state index >= 15 is 0 Å². The highest BCUT2D eigenvalue weighted by molar-refractivity contribution is 6.74. The van der Waals surface area contributed by atoms with E-state index in [0.717, 1.165) is 6.07 Å². The molecular formula is C14H23FN2O3Si. The molecule has 0 fully saturated rings. The van der Waals surface area contributed by atoms with Crippen molar-refractivity contribution >= 4 is 19.7 Å². The molecule has 1 aromatic carbocycles. The number of nitro groups is 1. The lowest BCUT2D eigenvalue weighted by Gasteiger charge is -2.36. The number of nitrogens with one attached hydrogen (secondary N) is 1. The molecule has 1 N–H and O–H groups in total. The van der Waals surface area contributed by atoms with Gasteiger partial charge in [-0.25, -0.2) is 4.39 Å². The lowest BCUT2D eigenvalue weighted by molar-refractivity contribution is -0.385. The Morgan fingerprint density at radius 3 is 2.48 bits per heavy atom. The number of hydrogen-bond donors (Lipinski definition) is 1. The maximum absolute atomic E-state index is 13.7. The summed E-state index contributed by atoms with van der Waals surface area (Å²) >= 11 is 0. The minimum Gasteiger partial charge on any atom is -0.415 e. The van der Waals surface area contributed by atoms with Crippen LogP contribution in [0.1, 0.15) is 20.8 Å². The zero-order chi connectivity index (χ0) is 16.3. The molecule has 5 nitrogen and oxygen atoms in total. The summed E-state index contributed by atoms with van der Waals surface area (Å²) in [6.45, 7) is 11.7. The number of nitrogens with zero attached hydrogens (tertiary/aromatic N) is 1. The maximum atomic E-state index is 13.7. The predicted molar refractivity (Wildman–Crippen MR) is 84.7 cm³/mol. The van der Waals surface area contributed by atoms with Crippen molar-refractivity contribution in [1.82, 2.24) is 0 Å². The van der Waals surface area contributed by atoms with Crippen LogP contribution < -0.4 is 5.32 Å². The summed E-state index contributed by atoms with van der Waals surface area (Å²) in [5, 5.41) is 13.6. The van der Waals surface area contributed by atoms with Gasteiger partial charge in [0.25, 0.3) is 5.69 Å². The van der Waals surface area contributed by atoms with Crippen molar-refractivity contribution in [3.05, 3.63) is 34.1 Å². The average molecular weight is 314 g/mol. The first-order valence-corrected chi connectivity index (χ1v) is 9.77. The molecule has 0 radical (unpaired) electrons. The Kier molecular flexibility index (Phi) is 5.46. The summed E-state index contributed by atoms with van der Waals surface area (Å²) in [5.41, 5.74) is -0.00463. The lowest BCUT2D eigenvalue weighted by Crippen LogP contribution is -2.41. The molecular weight excluding hydrogens is 291 g/mol. The summed E-state index contributed by atoms with van der Waals surface area (Å²) in [6.07, 6.45) is 0. The summed E-state index contributed by atoms with van der Waals surface area (Å²) < 4.78 is 19.6. The second-order valence-electron chi connectivity index (χ2n) is 6.46. The van der Waals surface area contributed by atoms with E-state index in [4.69, 9.17) is 4.43 Å². The Hall–Kier alpha value is -1.47. The van der Waals surface area contributed by atoms with Gasteiger partial charge in [-0.05, 0) is 24.2 Å². The molecule has 0 amide bonds. The third-order valence-corrected chi connectivity index (χ3v) is 8.39. The Bertz CT molecular complexity index is 515. The van der Waals surface area contributed by atoms with E-state index in [1.165, 1.54) is 12.1 Å².